The summed E-state index contributed by atoms with van der Waals surface area (Å²) in [6.07, 6.45) is 0.797. The lowest BCUT2D eigenvalue weighted by Crippen LogP contribution is -2.26. The highest BCUT2D eigenvalue weighted by Crippen LogP contribution is 2.28. The van der Waals surface area contributed by atoms with E-state index in [1.54, 1.807) is 26.0 Å². The standard InChI is InChI=1S/C13H18ClNO2/c1-9-7-13(17-4)12(14)8-11(9)5-6-15(3)10(2)16/h7-8H,5-6H2,1-4H3. The molecule has 0 saturated heterocycles. The molecule has 0 radical (unpaired) electrons. The van der Waals surface area contributed by atoms with Crippen molar-refractivity contribution in [3.05, 3.63) is 28.3 Å². The minimum atomic E-state index is 0.0715. The van der Waals surface area contributed by atoms with Crippen LogP contribution >= 0.6 is 11.6 Å². The number of methoxy groups -OCH3 is 1. The zero-order chi connectivity index (χ0) is 13.0. The lowest BCUT2D eigenvalue weighted by molar-refractivity contribution is -0.127. The van der Waals surface area contributed by atoms with E-state index >= 15 is 0 Å². The molecule has 17 heavy (non-hydrogen) atoms. The van der Waals surface area contributed by atoms with Crippen molar-refractivity contribution in [2.45, 2.75) is 20.3 Å². The Bertz CT molecular complexity index is 418. The SMILES string of the molecule is COc1cc(C)c(CCN(C)C(C)=O)cc1Cl. The molecule has 0 aromatic heterocycles. The molecular formula is C13H18ClNO2. The molecule has 1 aromatic carbocycles. The summed E-state index contributed by atoms with van der Waals surface area (Å²) in [6, 6.07) is 3.83. The maximum absolute atomic E-state index is 11.1. The Hall–Kier alpha value is -1.22. The van der Waals surface area contributed by atoms with Crippen LogP contribution in [-0.2, 0) is 11.2 Å². The lowest BCUT2D eigenvalue weighted by atomic mass is 10.1. The Morgan fingerprint density at radius 2 is 2.12 bits per heavy atom. The smallest absolute Gasteiger partial charge is 0.219 e. The van der Waals surface area contributed by atoms with Crippen molar-refractivity contribution in [2.75, 3.05) is 20.7 Å². The summed E-state index contributed by atoms with van der Waals surface area (Å²) in [7, 11) is 3.40. The number of amides is 1. The van der Waals surface area contributed by atoms with Crippen molar-refractivity contribution in [3.63, 3.8) is 0 Å². The molecule has 0 atom stereocenters. The highest BCUT2D eigenvalue weighted by Gasteiger charge is 2.08. The van der Waals surface area contributed by atoms with Gasteiger partial charge in [-0.15, -0.1) is 0 Å². The van der Waals surface area contributed by atoms with Gasteiger partial charge in [0.1, 0.15) is 5.75 Å². The molecule has 0 aliphatic rings. The monoisotopic (exact) mass is 255 g/mol. The maximum Gasteiger partial charge on any atom is 0.219 e. The Kier molecular flexibility index (Phi) is 4.82. The number of hydrogen-bond acceptors (Lipinski definition) is 2. The average molecular weight is 256 g/mol. The van der Waals surface area contributed by atoms with Crippen LogP contribution in [0.2, 0.25) is 5.02 Å². The van der Waals surface area contributed by atoms with E-state index in [2.05, 4.69) is 0 Å². The van der Waals surface area contributed by atoms with Crippen molar-refractivity contribution in [1.82, 2.24) is 4.90 Å². The van der Waals surface area contributed by atoms with E-state index in [-0.39, 0.29) is 5.91 Å². The van der Waals surface area contributed by atoms with Crippen LogP contribution in [0.15, 0.2) is 12.1 Å². The number of halogens is 1. The fourth-order valence-electron chi connectivity index (χ4n) is 1.57. The number of likely N-dealkylation sites (N-methyl/N-ethyl adjacent to an activating group) is 1. The topological polar surface area (TPSA) is 29.5 Å². The van der Waals surface area contributed by atoms with Gasteiger partial charge in [-0.3, -0.25) is 4.79 Å². The lowest BCUT2D eigenvalue weighted by Gasteiger charge is -2.16. The fraction of sp³-hybridized carbons (Fsp3) is 0.462. The number of benzene rings is 1. The van der Waals surface area contributed by atoms with Crippen LogP contribution in [0.1, 0.15) is 18.1 Å². The Balaban J connectivity index is 2.78. The van der Waals surface area contributed by atoms with Gasteiger partial charge in [-0.05, 0) is 36.6 Å². The molecule has 3 nitrogen and oxygen atoms in total. The van der Waals surface area contributed by atoms with Gasteiger partial charge in [0, 0.05) is 20.5 Å². The minimum absolute atomic E-state index is 0.0715. The summed E-state index contributed by atoms with van der Waals surface area (Å²) in [4.78, 5) is 12.8. The predicted octanol–water partition coefficient (Wildman–Crippen LogP) is 2.68. The molecule has 94 valence electrons. The highest BCUT2D eigenvalue weighted by molar-refractivity contribution is 6.32. The second-order valence-electron chi connectivity index (χ2n) is 4.10. The number of carbonyl (C=O) groups is 1. The van der Waals surface area contributed by atoms with Gasteiger partial charge in [0.05, 0.1) is 12.1 Å². The number of hydrogen-bond donors (Lipinski definition) is 0. The molecule has 0 N–H and O–H groups in total. The molecule has 0 saturated carbocycles. The second kappa shape index (κ2) is 5.92. The summed E-state index contributed by atoms with van der Waals surface area (Å²) in [6.45, 7) is 4.27. The van der Waals surface area contributed by atoms with Gasteiger partial charge in [0.2, 0.25) is 5.91 Å². The van der Waals surface area contributed by atoms with Crippen LogP contribution in [0.4, 0.5) is 0 Å². The zero-order valence-corrected chi connectivity index (χ0v) is 11.5. The first-order chi connectivity index (χ1) is 7.95. The van der Waals surface area contributed by atoms with E-state index in [4.69, 9.17) is 16.3 Å². The van der Waals surface area contributed by atoms with Crippen molar-refractivity contribution >= 4 is 17.5 Å². The normalized spacial score (nSPS) is 10.2. The average Bonchev–Trinajstić information content (AvgIpc) is 2.29. The Morgan fingerprint density at radius 1 is 1.47 bits per heavy atom. The molecule has 0 aliphatic heterocycles. The first-order valence-electron chi connectivity index (χ1n) is 5.50. The molecule has 0 heterocycles. The highest BCUT2D eigenvalue weighted by atomic mass is 35.5. The number of carbonyl (C=O) groups excluding carboxylic acids is 1. The van der Waals surface area contributed by atoms with Crippen LogP contribution in [0, 0.1) is 6.92 Å². The largest absolute Gasteiger partial charge is 0.495 e. The molecule has 0 fully saturated rings. The fourth-order valence-corrected chi connectivity index (χ4v) is 1.83. The molecule has 0 aliphatic carbocycles. The van der Waals surface area contributed by atoms with E-state index in [9.17, 15) is 4.79 Å². The van der Waals surface area contributed by atoms with Gasteiger partial charge in [-0.1, -0.05) is 11.6 Å². The predicted molar refractivity (Wildman–Crippen MR) is 69.8 cm³/mol. The number of nitrogens with zero attached hydrogens (tertiary/aromatic N) is 1. The first-order valence-corrected chi connectivity index (χ1v) is 5.88. The maximum atomic E-state index is 11.1. The third-order valence-corrected chi connectivity index (χ3v) is 3.16. The van der Waals surface area contributed by atoms with E-state index in [0.29, 0.717) is 17.3 Å². The van der Waals surface area contributed by atoms with E-state index in [1.165, 1.54) is 0 Å². The van der Waals surface area contributed by atoms with Gasteiger partial charge in [0.25, 0.3) is 0 Å². The third-order valence-electron chi connectivity index (χ3n) is 2.86. The van der Waals surface area contributed by atoms with Gasteiger partial charge in [0.15, 0.2) is 0 Å². The van der Waals surface area contributed by atoms with Crippen LogP contribution in [0.5, 0.6) is 5.75 Å². The van der Waals surface area contributed by atoms with Crippen LogP contribution in [0.25, 0.3) is 0 Å². The van der Waals surface area contributed by atoms with Crippen molar-refractivity contribution < 1.29 is 9.53 Å². The molecular weight excluding hydrogens is 238 g/mol. The summed E-state index contributed by atoms with van der Waals surface area (Å²) < 4.78 is 5.15. The van der Waals surface area contributed by atoms with E-state index in [1.807, 2.05) is 19.1 Å². The van der Waals surface area contributed by atoms with Crippen molar-refractivity contribution in [3.8, 4) is 5.75 Å². The Labute approximate surface area is 107 Å². The van der Waals surface area contributed by atoms with E-state index < -0.39 is 0 Å². The second-order valence-corrected chi connectivity index (χ2v) is 4.51. The number of rotatable bonds is 4. The van der Waals surface area contributed by atoms with Crippen molar-refractivity contribution in [1.29, 1.82) is 0 Å². The number of aryl methyl sites for hydroxylation is 1. The summed E-state index contributed by atoms with van der Waals surface area (Å²) >= 11 is 6.07. The quantitative estimate of drug-likeness (QED) is 0.828. The summed E-state index contributed by atoms with van der Waals surface area (Å²) in [5.41, 5.74) is 2.27. The van der Waals surface area contributed by atoms with Crippen LogP contribution < -0.4 is 4.74 Å². The van der Waals surface area contributed by atoms with E-state index in [0.717, 1.165) is 17.5 Å². The first kappa shape index (κ1) is 13.8. The molecule has 1 amide bonds. The molecule has 4 heteroatoms. The minimum Gasteiger partial charge on any atom is -0.495 e. The summed E-state index contributed by atoms with van der Waals surface area (Å²) in [5.74, 6) is 0.759. The van der Waals surface area contributed by atoms with Gasteiger partial charge in [-0.2, -0.15) is 0 Å². The van der Waals surface area contributed by atoms with Gasteiger partial charge in [-0.25, -0.2) is 0 Å². The van der Waals surface area contributed by atoms with Gasteiger partial charge >= 0.3 is 0 Å². The molecule has 0 bridgehead atoms. The third kappa shape index (κ3) is 3.63. The zero-order valence-electron chi connectivity index (χ0n) is 10.7. The molecule has 1 rings (SSSR count). The molecule has 1 aromatic rings. The van der Waals surface area contributed by atoms with Crippen LogP contribution in [0.3, 0.4) is 0 Å². The van der Waals surface area contributed by atoms with Crippen LogP contribution in [-0.4, -0.2) is 31.5 Å². The van der Waals surface area contributed by atoms with Gasteiger partial charge < -0.3 is 9.64 Å². The molecule has 0 spiro atoms. The number of ether oxygens (including phenoxy) is 1. The van der Waals surface area contributed by atoms with Crippen molar-refractivity contribution in [2.24, 2.45) is 0 Å². The Morgan fingerprint density at radius 3 is 2.65 bits per heavy atom. The molecule has 0 unspecified atom stereocenters. The summed E-state index contributed by atoms with van der Waals surface area (Å²) in [5, 5.41) is 0.610.